The van der Waals surface area contributed by atoms with Crippen LogP contribution in [0.1, 0.15) is 38.4 Å². The molecule has 10 heteroatoms. The highest BCUT2D eigenvalue weighted by Gasteiger charge is 2.34. The Morgan fingerprint density at radius 3 is 2.69 bits per heavy atom. The molecular formula is C25H31N7O2S. The molecule has 0 saturated carbocycles. The maximum Gasteiger partial charge on any atom is 0.260 e. The Morgan fingerprint density at radius 1 is 1.14 bits per heavy atom. The molecule has 1 saturated heterocycles. The molecule has 184 valence electrons. The lowest BCUT2D eigenvalue weighted by molar-refractivity contribution is -0.120. The topological polar surface area (TPSA) is 105 Å². The van der Waals surface area contributed by atoms with Gasteiger partial charge in [-0.15, -0.1) is 11.3 Å². The largest absolute Gasteiger partial charge is 0.324 e. The number of thiazole rings is 1. The predicted octanol–water partition coefficient (Wildman–Crippen LogP) is 4.49. The van der Waals surface area contributed by atoms with E-state index >= 15 is 0 Å². The molecule has 0 aromatic carbocycles. The van der Waals surface area contributed by atoms with Crippen molar-refractivity contribution in [1.82, 2.24) is 24.5 Å². The average Bonchev–Trinajstić information content (AvgIpc) is 3.36. The summed E-state index contributed by atoms with van der Waals surface area (Å²) in [5.41, 5.74) is 4.40. The monoisotopic (exact) mass is 493 g/mol. The number of nitrogens with one attached hydrogen (secondary N) is 2. The van der Waals surface area contributed by atoms with Gasteiger partial charge >= 0.3 is 0 Å². The minimum Gasteiger partial charge on any atom is -0.324 e. The van der Waals surface area contributed by atoms with Crippen LogP contribution >= 0.6 is 11.3 Å². The number of carbonyl (C=O) groups is 2. The van der Waals surface area contributed by atoms with Crippen molar-refractivity contribution in [3.8, 4) is 10.4 Å². The summed E-state index contributed by atoms with van der Waals surface area (Å²) in [6, 6.07) is 5.63. The third-order valence-corrected chi connectivity index (χ3v) is 7.15. The van der Waals surface area contributed by atoms with Crippen LogP contribution in [0.3, 0.4) is 0 Å². The Labute approximate surface area is 210 Å². The Bertz CT molecular complexity index is 1440. The molecule has 0 atom stereocenters. The zero-order valence-electron chi connectivity index (χ0n) is 20.1. The molecule has 5 heterocycles. The van der Waals surface area contributed by atoms with E-state index in [9.17, 15) is 9.59 Å². The second-order valence-corrected chi connectivity index (χ2v) is 10.7. The Kier molecular flexibility index (Phi) is 5.86. The zero-order chi connectivity index (χ0) is 24.7. The van der Waals surface area contributed by atoms with E-state index in [1.165, 1.54) is 11.3 Å². The summed E-state index contributed by atoms with van der Waals surface area (Å²) in [5, 5.41) is 10.2. The second-order valence-electron chi connectivity index (χ2n) is 9.71. The molecule has 1 aliphatic rings. The normalized spacial score (nSPS) is 15.1. The van der Waals surface area contributed by atoms with E-state index < -0.39 is 0 Å². The molecule has 0 unspecified atom stereocenters. The smallest absolute Gasteiger partial charge is 0.260 e. The van der Waals surface area contributed by atoms with Crippen LogP contribution in [0.25, 0.3) is 15.3 Å². The summed E-state index contributed by atoms with van der Waals surface area (Å²) >= 11 is 1.49. The summed E-state index contributed by atoms with van der Waals surface area (Å²) in [7, 11) is 0. The first kappa shape index (κ1) is 23.1. The first-order chi connectivity index (χ1) is 16.7. The highest BCUT2D eigenvalue weighted by molar-refractivity contribution is 7.21. The summed E-state index contributed by atoms with van der Waals surface area (Å²) < 4.78 is 1.71. The minimum absolute atomic E-state index is 0. The summed E-state index contributed by atoms with van der Waals surface area (Å²) in [4.78, 5) is 38.1. The first-order valence-corrected chi connectivity index (χ1v) is 12.2. The molecule has 9 nitrogen and oxygen atoms in total. The molecule has 4 aromatic rings. The fourth-order valence-electron chi connectivity index (χ4n) is 4.41. The van der Waals surface area contributed by atoms with Crippen molar-refractivity contribution in [2.45, 2.75) is 27.7 Å². The number of likely N-dealkylation sites (tertiary alicyclic amines) is 1. The van der Waals surface area contributed by atoms with Gasteiger partial charge < -0.3 is 10.6 Å². The SMILES string of the molecule is Cc1ncc(NC(=O)CN2CC(C)(C)C2)cc1NC(=O)c1cnn2cc(-c3cccnc3C)sc12.[HH].[HH]. The molecule has 4 aromatic heterocycles. The predicted molar refractivity (Wildman–Crippen MR) is 141 cm³/mol. The van der Waals surface area contributed by atoms with Gasteiger partial charge in [0.15, 0.2) is 0 Å². The van der Waals surface area contributed by atoms with Gasteiger partial charge in [0.05, 0.1) is 46.4 Å². The number of rotatable bonds is 6. The van der Waals surface area contributed by atoms with Crippen molar-refractivity contribution in [2.75, 3.05) is 30.3 Å². The van der Waals surface area contributed by atoms with Crippen LogP contribution in [0.2, 0.25) is 0 Å². The summed E-state index contributed by atoms with van der Waals surface area (Å²) in [5.74, 6) is -0.383. The van der Waals surface area contributed by atoms with Gasteiger partial charge in [-0.3, -0.25) is 24.5 Å². The van der Waals surface area contributed by atoms with Crippen molar-refractivity contribution in [1.29, 1.82) is 0 Å². The first-order valence-electron chi connectivity index (χ1n) is 11.4. The fourth-order valence-corrected chi connectivity index (χ4v) is 5.54. The van der Waals surface area contributed by atoms with Crippen LogP contribution in [-0.4, -0.2) is 55.9 Å². The van der Waals surface area contributed by atoms with E-state index in [0.29, 0.717) is 29.2 Å². The maximum absolute atomic E-state index is 13.1. The number of amides is 2. The quantitative estimate of drug-likeness (QED) is 0.410. The number of pyridine rings is 2. The Balaban J connectivity index is 0.00000190. The number of aromatic nitrogens is 4. The Morgan fingerprint density at radius 2 is 1.94 bits per heavy atom. The fraction of sp³-hybridized carbons (Fsp3) is 0.320. The third-order valence-electron chi connectivity index (χ3n) is 6.00. The van der Waals surface area contributed by atoms with E-state index in [-0.39, 0.29) is 20.1 Å². The minimum atomic E-state index is -0.285. The number of hydrogen-bond donors (Lipinski definition) is 2. The lowest BCUT2D eigenvalue weighted by Gasteiger charge is -2.45. The van der Waals surface area contributed by atoms with E-state index in [1.807, 2.05) is 32.2 Å². The second kappa shape index (κ2) is 8.86. The van der Waals surface area contributed by atoms with E-state index in [1.54, 1.807) is 29.2 Å². The molecule has 1 fully saturated rings. The zero-order valence-corrected chi connectivity index (χ0v) is 20.9. The number of fused-ring (bicyclic) bond motifs is 1. The molecule has 35 heavy (non-hydrogen) atoms. The van der Waals surface area contributed by atoms with Crippen molar-refractivity contribution >= 4 is 39.4 Å². The molecule has 2 N–H and O–H groups in total. The van der Waals surface area contributed by atoms with Gasteiger partial charge in [-0.05, 0) is 31.4 Å². The average molecular weight is 494 g/mol. The Hall–Kier alpha value is -3.63. The number of anilines is 2. The molecule has 0 spiro atoms. The molecule has 0 bridgehead atoms. The van der Waals surface area contributed by atoms with Crippen LogP contribution < -0.4 is 10.6 Å². The van der Waals surface area contributed by atoms with Gasteiger partial charge in [0, 0.05) is 39.6 Å². The van der Waals surface area contributed by atoms with Crippen molar-refractivity contribution in [2.24, 2.45) is 5.41 Å². The van der Waals surface area contributed by atoms with Crippen LogP contribution in [0.15, 0.2) is 43.0 Å². The molecular weight excluding hydrogens is 462 g/mol. The van der Waals surface area contributed by atoms with Gasteiger partial charge in [0.25, 0.3) is 5.91 Å². The van der Waals surface area contributed by atoms with Crippen LogP contribution in [-0.2, 0) is 4.79 Å². The third kappa shape index (κ3) is 4.80. The van der Waals surface area contributed by atoms with E-state index in [0.717, 1.165) is 34.1 Å². The standard InChI is InChI=1S/C25H27N7O2S.2H2/c1-15-18(6-5-7-26-15)21-11-32-24(35-21)19(10-28-32)23(34)30-20-8-17(9-27-16(20)2)29-22(33)12-31-13-25(3,4)14-31;;/h5-11H,12-14H2,1-4H3,(H,29,33)(H,30,34);2*1H. The molecule has 5 rings (SSSR count). The van der Waals surface area contributed by atoms with E-state index in [4.69, 9.17) is 0 Å². The number of hydrogen-bond acceptors (Lipinski definition) is 7. The van der Waals surface area contributed by atoms with Gasteiger partial charge in [0.2, 0.25) is 5.91 Å². The van der Waals surface area contributed by atoms with Gasteiger partial charge in [-0.25, -0.2) is 4.52 Å². The lowest BCUT2D eigenvalue weighted by Crippen LogP contribution is -2.54. The van der Waals surface area contributed by atoms with E-state index in [2.05, 4.69) is 44.4 Å². The van der Waals surface area contributed by atoms with Crippen LogP contribution in [0, 0.1) is 19.3 Å². The van der Waals surface area contributed by atoms with Crippen LogP contribution in [0.5, 0.6) is 0 Å². The summed E-state index contributed by atoms with van der Waals surface area (Å²) in [6.07, 6.45) is 6.82. The van der Waals surface area contributed by atoms with Gasteiger partial charge in [-0.2, -0.15) is 5.10 Å². The number of nitrogens with zero attached hydrogens (tertiary/aromatic N) is 5. The number of carbonyl (C=O) groups excluding carboxylic acids is 2. The molecule has 0 radical (unpaired) electrons. The van der Waals surface area contributed by atoms with Crippen molar-refractivity contribution in [3.05, 3.63) is 59.9 Å². The molecule has 0 aliphatic carbocycles. The van der Waals surface area contributed by atoms with Crippen molar-refractivity contribution in [3.63, 3.8) is 0 Å². The highest BCUT2D eigenvalue weighted by Crippen LogP contribution is 2.32. The van der Waals surface area contributed by atoms with Gasteiger partial charge in [0.1, 0.15) is 4.83 Å². The molecule has 1 aliphatic heterocycles. The summed E-state index contributed by atoms with van der Waals surface area (Å²) in [6.45, 7) is 10.3. The van der Waals surface area contributed by atoms with Crippen LogP contribution in [0.4, 0.5) is 11.4 Å². The highest BCUT2D eigenvalue weighted by atomic mass is 32.1. The molecule has 2 amide bonds. The maximum atomic E-state index is 13.1. The van der Waals surface area contributed by atoms with Crippen molar-refractivity contribution < 1.29 is 12.4 Å². The lowest BCUT2D eigenvalue weighted by atomic mass is 9.84. The van der Waals surface area contributed by atoms with Gasteiger partial charge in [-0.1, -0.05) is 19.9 Å². The number of aryl methyl sites for hydroxylation is 2.